The number of esters is 3. The van der Waals surface area contributed by atoms with E-state index in [2.05, 4.69) is 6.58 Å². The summed E-state index contributed by atoms with van der Waals surface area (Å²) in [4.78, 5) is 35.9. The van der Waals surface area contributed by atoms with Gasteiger partial charge in [-0.3, -0.25) is 4.79 Å². The monoisotopic (exact) mass is 404 g/mol. The topological polar surface area (TPSA) is 99.1 Å². The second kappa shape index (κ2) is 9.69. The first-order chi connectivity index (χ1) is 13.6. The van der Waals surface area contributed by atoms with Gasteiger partial charge in [-0.15, -0.1) is 0 Å². The van der Waals surface area contributed by atoms with E-state index in [1.54, 1.807) is 19.1 Å². The summed E-state index contributed by atoms with van der Waals surface area (Å²) in [7, 11) is 0. The molecule has 7 heteroatoms. The molecule has 0 radical (unpaired) electrons. The van der Waals surface area contributed by atoms with Crippen LogP contribution in [0.2, 0.25) is 0 Å². The fraction of sp³-hybridized carbons (Fsp3) is 0.500. The van der Waals surface area contributed by atoms with Crippen molar-refractivity contribution in [3.8, 4) is 0 Å². The molecule has 1 aliphatic carbocycles. The molecule has 1 fully saturated rings. The summed E-state index contributed by atoms with van der Waals surface area (Å²) in [6.45, 7) is 10.2. The smallest absolute Gasteiger partial charge is 0.337 e. The molecule has 0 bridgehead atoms. The molecule has 1 heterocycles. The quantitative estimate of drug-likeness (QED) is 0.333. The highest BCUT2D eigenvalue weighted by Crippen LogP contribution is 2.36. The predicted octanol–water partition coefficient (Wildman–Crippen LogP) is 2.55. The van der Waals surface area contributed by atoms with Crippen LogP contribution in [0.1, 0.15) is 40.5 Å². The lowest BCUT2D eigenvalue weighted by Crippen LogP contribution is -2.34. The summed E-state index contributed by atoms with van der Waals surface area (Å²) in [6.07, 6.45) is 3.68. The molecule has 29 heavy (non-hydrogen) atoms. The largest absolute Gasteiger partial charge is 0.461 e. The molecular formula is C22H28O7. The summed E-state index contributed by atoms with van der Waals surface area (Å²) in [5.41, 5.74) is 2.11. The van der Waals surface area contributed by atoms with Gasteiger partial charge in [-0.1, -0.05) is 29.9 Å². The van der Waals surface area contributed by atoms with Crippen molar-refractivity contribution in [3.05, 3.63) is 47.1 Å². The molecule has 0 amide bonds. The molecule has 0 unspecified atom stereocenters. The zero-order valence-electron chi connectivity index (χ0n) is 17.3. The number of aliphatic hydroxyl groups excluding tert-OH is 1. The lowest BCUT2D eigenvalue weighted by molar-refractivity contribution is -0.148. The van der Waals surface area contributed by atoms with Gasteiger partial charge in [0.15, 0.2) is 0 Å². The van der Waals surface area contributed by atoms with Gasteiger partial charge in [0.2, 0.25) is 0 Å². The number of allylic oxidation sites excluding steroid dienone is 1. The van der Waals surface area contributed by atoms with Crippen molar-refractivity contribution in [3.63, 3.8) is 0 Å². The Balaban J connectivity index is 2.34. The second-order valence-electron chi connectivity index (χ2n) is 7.46. The van der Waals surface area contributed by atoms with E-state index in [4.69, 9.17) is 14.2 Å². The molecule has 0 aromatic carbocycles. The average Bonchev–Trinajstić information content (AvgIpc) is 2.87. The number of aliphatic hydroxyl groups is 1. The molecule has 7 nitrogen and oxygen atoms in total. The number of rotatable bonds is 4. The van der Waals surface area contributed by atoms with E-state index in [9.17, 15) is 19.5 Å². The number of fused-ring (bicyclic) bond motifs is 1. The van der Waals surface area contributed by atoms with E-state index >= 15 is 0 Å². The number of hydrogen-bond acceptors (Lipinski definition) is 7. The molecular weight excluding hydrogens is 376 g/mol. The van der Waals surface area contributed by atoms with Gasteiger partial charge in [-0.2, -0.15) is 0 Å². The van der Waals surface area contributed by atoms with Crippen molar-refractivity contribution in [2.45, 2.75) is 58.8 Å². The molecule has 1 saturated heterocycles. The normalized spacial score (nSPS) is 31.6. The van der Waals surface area contributed by atoms with Gasteiger partial charge >= 0.3 is 17.9 Å². The van der Waals surface area contributed by atoms with Gasteiger partial charge in [-0.05, 0) is 33.3 Å². The van der Waals surface area contributed by atoms with Crippen LogP contribution in [0.5, 0.6) is 0 Å². The van der Waals surface area contributed by atoms with Gasteiger partial charge < -0.3 is 19.3 Å². The summed E-state index contributed by atoms with van der Waals surface area (Å²) in [5.74, 6) is -2.23. The number of hydrogen-bond donors (Lipinski definition) is 1. The Morgan fingerprint density at radius 1 is 1.28 bits per heavy atom. The van der Waals surface area contributed by atoms with Gasteiger partial charge in [0.1, 0.15) is 18.8 Å². The Morgan fingerprint density at radius 3 is 2.55 bits per heavy atom. The van der Waals surface area contributed by atoms with Crippen LogP contribution in [0.4, 0.5) is 0 Å². The van der Waals surface area contributed by atoms with Crippen LogP contribution in [0.25, 0.3) is 0 Å². The summed E-state index contributed by atoms with van der Waals surface area (Å²) in [5, 5.41) is 10.2. The summed E-state index contributed by atoms with van der Waals surface area (Å²) in [6, 6.07) is 0. The van der Waals surface area contributed by atoms with E-state index in [0.29, 0.717) is 12.8 Å². The first-order valence-corrected chi connectivity index (χ1v) is 9.54. The van der Waals surface area contributed by atoms with Crippen molar-refractivity contribution < 1.29 is 33.7 Å². The Labute approximate surface area is 170 Å². The minimum atomic E-state index is -0.732. The maximum absolute atomic E-state index is 12.7. The van der Waals surface area contributed by atoms with Gasteiger partial charge in [-0.25, -0.2) is 9.59 Å². The fourth-order valence-corrected chi connectivity index (χ4v) is 3.53. The first kappa shape index (κ1) is 22.6. The van der Waals surface area contributed by atoms with E-state index in [1.165, 1.54) is 13.0 Å². The molecule has 2 aliphatic rings. The Hall–Kier alpha value is -2.67. The van der Waals surface area contributed by atoms with Crippen LogP contribution in [0.15, 0.2) is 47.1 Å². The van der Waals surface area contributed by atoms with Crippen LogP contribution >= 0.6 is 0 Å². The molecule has 0 spiro atoms. The lowest BCUT2D eigenvalue weighted by Gasteiger charge is -2.28. The van der Waals surface area contributed by atoms with Crippen molar-refractivity contribution in [1.29, 1.82) is 0 Å². The summed E-state index contributed by atoms with van der Waals surface area (Å²) >= 11 is 0. The van der Waals surface area contributed by atoms with E-state index in [1.807, 2.05) is 13.8 Å². The SMILES string of the molecule is C=C1C(=O)O[C@@H]2/C=C(/C)C[C@H](O)/C=C(\C)C[C@@H](OC(=O)/C(=C\C)COC(C)=O)[C@@H]12. The Morgan fingerprint density at radius 2 is 1.93 bits per heavy atom. The van der Waals surface area contributed by atoms with E-state index in [0.717, 1.165) is 11.1 Å². The third-order valence-electron chi connectivity index (χ3n) is 4.94. The highest BCUT2D eigenvalue weighted by molar-refractivity contribution is 5.92. The molecule has 0 aromatic rings. The number of carbonyl (C=O) groups excluding carboxylic acids is 3. The minimum Gasteiger partial charge on any atom is -0.461 e. The standard InChI is InChI=1S/C22H28O7/c1-6-16(11-27-15(5)23)22(26)29-19-10-13(3)8-17(24)7-12(2)9-18-20(19)14(4)21(25)28-18/h6,8-9,17-20,24H,4,7,10-11H2,1-3,5H3/b12-9-,13-8+,16-6-/t17-,18+,19+,20-/m0/s1. The van der Waals surface area contributed by atoms with Crippen LogP contribution < -0.4 is 0 Å². The Bertz CT molecular complexity index is 787. The third-order valence-corrected chi connectivity index (χ3v) is 4.94. The van der Waals surface area contributed by atoms with Crippen LogP contribution in [-0.2, 0) is 28.6 Å². The van der Waals surface area contributed by atoms with E-state index < -0.39 is 42.1 Å². The fourth-order valence-electron chi connectivity index (χ4n) is 3.53. The lowest BCUT2D eigenvalue weighted by atomic mass is 9.85. The van der Waals surface area contributed by atoms with Crippen molar-refractivity contribution in [1.82, 2.24) is 0 Å². The number of ether oxygens (including phenoxy) is 3. The maximum Gasteiger partial charge on any atom is 0.337 e. The summed E-state index contributed by atoms with van der Waals surface area (Å²) < 4.78 is 16.1. The zero-order chi connectivity index (χ0) is 21.7. The zero-order valence-corrected chi connectivity index (χ0v) is 17.3. The van der Waals surface area contributed by atoms with Gasteiger partial charge in [0, 0.05) is 18.9 Å². The first-order valence-electron chi connectivity index (χ1n) is 9.54. The highest BCUT2D eigenvalue weighted by Gasteiger charge is 2.44. The highest BCUT2D eigenvalue weighted by atomic mass is 16.6. The molecule has 1 N–H and O–H groups in total. The minimum absolute atomic E-state index is 0.193. The van der Waals surface area contributed by atoms with E-state index in [-0.39, 0.29) is 17.8 Å². The second-order valence-corrected chi connectivity index (χ2v) is 7.46. The van der Waals surface area contributed by atoms with Crippen LogP contribution in [0.3, 0.4) is 0 Å². The van der Waals surface area contributed by atoms with Crippen LogP contribution in [-0.4, -0.2) is 47.9 Å². The van der Waals surface area contributed by atoms with Crippen molar-refractivity contribution in [2.24, 2.45) is 5.92 Å². The third kappa shape index (κ3) is 5.90. The van der Waals surface area contributed by atoms with Gasteiger partial charge in [0.25, 0.3) is 0 Å². The van der Waals surface area contributed by atoms with Gasteiger partial charge in [0.05, 0.1) is 17.6 Å². The van der Waals surface area contributed by atoms with Crippen molar-refractivity contribution >= 4 is 17.9 Å². The predicted molar refractivity (Wildman–Crippen MR) is 106 cm³/mol. The molecule has 158 valence electrons. The van der Waals surface area contributed by atoms with Crippen molar-refractivity contribution in [2.75, 3.05) is 6.61 Å². The molecule has 0 aromatic heterocycles. The molecule has 0 saturated carbocycles. The van der Waals surface area contributed by atoms with Crippen LogP contribution in [0, 0.1) is 5.92 Å². The average molecular weight is 404 g/mol. The molecule has 4 atom stereocenters. The molecule has 1 aliphatic heterocycles. The maximum atomic E-state index is 12.7. The Kier molecular flexibility index (Phi) is 7.56. The number of carbonyl (C=O) groups is 3. The molecule has 2 rings (SSSR count).